The van der Waals surface area contributed by atoms with Crippen LogP contribution in [-0.2, 0) is 10.0 Å². The van der Waals surface area contributed by atoms with E-state index in [2.05, 4.69) is 4.90 Å². The molecule has 2 heterocycles. The molecule has 1 saturated heterocycles. The molecule has 114 valence electrons. The molecule has 0 aromatic carbocycles. The number of thiophene rings is 1. The van der Waals surface area contributed by atoms with E-state index in [0.717, 1.165) is 43.8 Å². The molecule has 0 atom stereocenters. The summed E-state index contributed by atoms with van der Waals surface area (Å²) in [4.78, 5) is 2.24. The van der Waals surface area contributed by atoms with Crippen molar-refractivity contribution in [2.75, 3.05) is 39.3 Å². The monoisotopic (exact) mass is 338 g/mol. The Bertz CT molecular complexity index is 525. The maximum absolute atomic E-state index is 12.4. The van der Waals surface area contributed by atoms with Crippen LogP contribution < -0.4 is 0 Å². The van der Waals surface area contributed by atoms with Gasteiger partial charge in [-0.1, -0.05) is 11.6 Å². The van der Waals surface area contributed by atoms with E-state index < -0.39 is 10.0 Å². The molecule has 8 heteroatoms. The SMILES string of the molecule is O=S(=O)(c1ccc(Cl)s1)N1CCN(CCCCO)CC1. The van der Waals surface area contributed by atoms with Crippen molar-refractivity contribution in [2.45, 2.75) is 17.1 Å². The van der Waals surface area contributed by atoms with Gasteiger partial charge in [-0.05, 0) is 31.5 Å². The molecule has 1 aromatic rings. The summed E-state index contributed by atoms with van der Waals surface area (Å²) < 4.78 is 27.1. The predicted octanol–water partition coefficient (Wildman–Crippen LogP) is 1.48. The zero-order valence-corrected chi connectivity index (χ0v) is 13.6. The van der Waals surface area contributed by atoms with Crippen LogP contribution in [0.2, 0.25) is 4.34 Å². The third-order valence-corrected chi connectivity index (χ3v) is 6.95. The van der Waals surface area contributed by atoms with E-state index in [9.17, 15) is 8.42 Å². The summed E-state index contributed by atoms with van der Waals surface area (Å²) in [7, 11) is -3.39. The standard InChI is InChI=1S/C12H19ClN2O3S2/c13-11-3-4-12(19-11)20(17,18)15-8-6-14(7-9-15)5-1-2-10-16/h3-4,16H,1-2,5-10H2. The van der Waals surface area contributed by atoms with Crippen LogP contribution in [0.1, 0.15) is 12.8 Å². The second-order valence-corrected chi connectivity index (χ2v) is 8.61. The molecule has 20 heavy (non-hydrogen) atoms. The zero-order valence-electron chi connectivity index (χ0n) is 11.2. The van der Waals surface area contributed by atoms with Crippen molar-refractivity contribution in [3.63, 3.8) is 0 Å². The summed E-state index contributed by atoms with van der Waals surface area (Å²) in [5, 5.41) is 8.76. The van der Waals surface area contributed by atoms with E-state index in [1.165, 1.54) is 4.31 Å². The lowest BCUT2D eigenvalue weighted by atomic mass is 10.3. The van der Waals surface area contributed by atoms with Gasteiger partial charge in [0.25, 0.3) is 10.0 Å². The highest BCUT2D eigenvalue weighted by molar-refractivity contribution is 7.91. The van der Waals surface area contributed by atoms with Gasteiger partial charge in [0.15, 0.2) is 0 Å². The van der Waals surface area contributed by atoms with E-state index in [1.54, 1.807) is 12.1 Å². The molecule has 0 aliphatic carbocycles. The Hall–Kier alpha value is -0.180. The van der Waals surface area contributed by atoms with E-state index in [-0.39, 0.29) is 6.61 Å². The highest BCUT2D eigenvalue weighted by Gasteiger charge is 2.29. The van der Waals surface area contributed by atoms with Crippen molar-refractivity contribution in [1.82, 2.24) is 9.21 Å². The second kappa shape index (κ2) is 7.20. The van der Waals surface area contributed by atoms with Crippen LogP contribution in [-0.4, -0.2) is 62.1 Å². The van der Waals surface area contributed by atoms with Crippen LogP contribution in [0.5, 0.6) is 0 Å². The topological polar surface area (TPSA) is 60.9 Å². The lowest BCUT2D eigenvalue weighted by Crippen LogP contribution is -2.48. The Morgan fingerprint density at radius 2 is 1.90 bits per heavy atom. The van der Waals surface area contributed by atoms with E-state index in [1.807, 2.05) is 0 Å². The fourth-order valence-corrected chi connectivity index (χ4v) is 5.26. The zero-order chi connectivity index (χ0) is 14.6. The van der Waals surface area contributed by atoms with E-state index >= 15 is 0 Å². The van der Waals surface area contributed by atoms with Crippen LogP contribution in [0.3, 0.4) is 0 Å². The molecule has 0 bridgehead atoms. The lowest BCUT2D eigenvalue weighted by Gasteiger charge is -2.33. The summed E-state index contributed by atoms with van der Waals surface area (Å²) in [6.07, 6.45) is 1.75. The number of rotatable bonds is 6. The molecular weight excluding hydrogens is 320 g/mol. The average molecular weight is 339 g/mol. The smallest absolute Gasteiger partial charge is 0.252 e. The summed E-state index contributed by atoms with van der Waals surface area (Å²) in [6, 6.07) is 3.18. The predicted molar refractivity (Wildman–Crippen MR) is 80.8 cm³/mol. The van der Waals surface area contributed by atoms with Crippen molar-refractivity contribution in [3.05, 3.63) is 16.5 Å². The minimum Gasteiger partial charge on any atom is -0.396 e. The average Bonchev–Trinajstić information content (AvgIpc) is 2.87. The lowest BCUT2D eigenvalue weighted by molar-refractivity contribution is 0.180. The third-order valence-electron chi connectivity index (χ3n) is 3.36. The fourth-order valence-electron chi connectivity index (χ4n) is 2.20. The molecule has 1 aliphatic rings. The van der Waals surface area contributed by atoms with Gasteiger partial charge in [0, 0.05) is 32.8 Å². The first-order chi connectivity index (χ1) is 9.54. The first-order valence-electron chi connectivity index (χ1n) is 6.63. The number of halogens is 1. The maximum Gasteiger partial charge on any atom is 0.252 e. The highest BCUT2D eigenvalue weighted by atomic mass is 35.5. The number of aliphatic hydroxyl groups is 1. The Morgan fingerprint density at radius 3 is 2.45 bits per heavy atom. The minimum absolute atomic E-state index is 0.216. The van der Waals surface area contributed by atoms with Gasteiger partial charge in [0.2, 0.25) is 0 Å². The van der Waals surface area contributed by atoms with Gasteiger partial charge < -0.3 is 10.0 Å². The Morgan fingerprint density at radius 1 is 1.20 bits per heavy atom. The molecule has 0 unspecified atom stereocenters. The first-order valence-corrected chi connectivity index (χ1v) is 9.26. The summed E-state index contributed by atoms with van der Waals surface area (Å²) in [6.45, 7) is 3.63. The highest BCUT2D eigenvalue weighted by Crippen LogP contribution is 2.28. The van der Waals surface area contributed by atoms with Crippen molar-refractivity contribution < 1.29 is 13.5 Å². The second-order valence-electron chi connectivity index (χ2n) is 4.73. The molecule has 0 amide bonds. The molecule has 0 saturated carbocycles. The first kappa shape index (κ1) is 16.2. The van der Waals surface area contributed by atoms with Gasteiger partial charge in [-0.3, -0.25) is 0 Å². The molecule has 1 fully saturated rings. The molecule has 0 spiro atoms. The molecule has 1 aliphatic heterocycles. The van der Waals surface area contributed by atoms with Crippen LogP contribution in [0.4, 0.5) is 0 Å². The van der Waals surface area contributed by atoms with E-state index in [4.69, 9.17) is 16.7 Å². The van der Waals surface area contributed by atoms with Crippen LogP contribution in [0, 0.1) is 0 Å². The van der Waals surface area contributed by atoms with Crippen LogP contribution >= 0.6 is 22.9 Å². The van der Waals surface area contributed by atoms with E-state index in [0.29, 0.717) is 21.6 Å². The largest absolute Gasteiger partial charge is 0.396 e. The number of unbranched alkanes of at least 4 members (excludes halogenated alkanes) is 1. The third kappa shape index (κ3) is 3.93. The maximum atomic E-state index is 12.4. The molecule has 1 N–H and O–H groups in total. The van der Waals surface area contributed by atoms with Gasteiger partial charge in [0.1, 0.15) is 4.21 Å². The molecule has 2 rings (SSSR count). The van der Waals surface area contributed by atoms with Crippen molar-refractivity contribution >= 4 is 33.0 Å². The van der Waals surface area contributed by atoms with Crippen LogP contribution in [0.25, 0.3) is 0 Å². The molecule has 5 nitrogen and oxygen atoms in total. The number of nitrogens with zero attached hydrogens (tertiary/aromatic N) is 2. The van der Waals surface area contributed by atoms with Gasteiger partial charge in [0.05, 0.1) is 4.34 Å². The van der Waals surface area contributed by atoms with Crippen molar-refractivity contribution in [1.29, 1.82) is 0 Å². The number of hydrogen-bond acceptors (Lipinski definition) is 5. The summed E-state index contributed by atoms with van der Waals surface area (Å²) in [5.41, 5.74) is 0. The van der Waals surface area contributed by atoms with Crippen LogP contribution in [0.15, 0.2) is 16.3 Å². The Kier molecular flexibility index (Phi) is 5.83. The minimum atomic E-state index is -3.39. The molecule has 0 radical (unpaired) electrons. The van der Waals surface area contributed by atoms with Crippen molar-refractivity contribution in [2.24, 2.45) is 0 Å². The Balaban J connectivity index is 1.90. The number of aliphatic hydroxyl groups excluding tert-OH is 1. The fraction of sp³-hybridized carbons (Fsp3) is 0.667. The van der Waals surface area contributed by atoms with Gasteiger partial charge in [-0.15, -0.1) is 11.3 Å². The van der Waals surface area contributed by atoms with Gasteiger partial charge in [-0.2, -0.15) is 4.31 Å². The quantitative estimate of drug-likeness (QED) is 0.798. The number of piperazine rings is 1. The Labute approximate surface area is 128 Å². The molecule has 1 aromatic heterocycles. The summed E-state index contributed by atoms with van der Waals surface area (Å²) in [5.74, 6) is 0. The normalized spacial score (nSPS) is 18.5. The van der Waals surface area contributed by atoms with Crippen molar-refractivity contribution in [3.8, 4) is 0 Å². The number of hydrogen-bond donors (Lipinski definition) is 1. The van der Waals surface area contributed by atoms with Gasteiger partial charge in [-0.25, -0.2) is 8.42 Å². The van der Waals surface area contributed by atoms with Gasteiger partial charge >= 0.3 is 0 Å². The number of sulfonamides is 1. The summed E-state index contributed by atoms with van der Waals surface area (Å²) >= 11 is 6.91. The molecular formula is C12H19ClN2O3S2.